The molecule has 0 aliphatic rings. The first kappa shape index (κ1) is 12.3. The van der Waals surface area contributed by atoms with Gasteiger partial charge in [-0.1, -0.05) is 19.1 Å². The zero-order chi connectivity index (χ0) is 12.8. The number of aromatic nitrogens is 2. The van der Waals surface area contributed by atoms with Crippen LogP contribution < -0.4 is 5.32 Å². The highest BCUT2D eigenvalue weighted by molar-refractivity contribution is 5.59. The zero-order valence-corrected chi connectivity index (χ0v) is 10.4. The molecule has 2 aromatic rings. The number of hydrogen-bond donors (Lipinski definition) is 2. The van der Waals surface area contributed by atoms with Crippen LogP contribution >= 0.6 is 0 Å². The van der Waals surface area contributed by atoms with E-state index in [0.29, 0.717) is 5.56 Å². The summed E-state index contributed by atoms with van der Waals surface area (Å²) in [6, 6.07) is 9.58. The monoisotopic (exact) mass is 240 g/mol. The summed E-state index contributed by atoms with van der Waals surface area (Å²) in [4.78, 5) is 7.59. The van der Waals surface area contributed by atoms with Gasteiger partial charge in [-0.05, 0) is 30.7 Å². The van der Waals surface area contributed by atoms with Crippen LogP contribution in [-0.2, 0) is 6.54 Å². The fourth-order valence-electron chi connectivity index (χ4n) is 1.71. The van der Waals surface area contributed by atoms with Gasteiger partial charge in [0.05, 0.1) is 30.1 Å². The van der Waals surface area contributed by atoms with Gasteiger partial charge in [0, 0.05) is 0 Å². The lowest BCUT2D eigenvalue weighted by Crippen LogP contribution is -2.14. The van der Waals surface area contributed by atoms with Crippen molar-refractivity contribution < 1.29 is 0 Å². The van der Waals surface area contributed by atoms with Crippen LogP contribution in [0.4, 0.5) is 0 Å². The molecule has 18 heavy (non-hydrogen) atoms. The van der Waals surface area contributed by atoms with Crippen LogP contribution in [0.2, 0.25) is 0 Å². The second kappa shape index (κ2) is 5.99. The van der Waals surface area contributed by atoms with Crippen LogP contribution in [0.15, 0.2) is 30.5 Å². The molecule has 4 nitrogen and oxygen atoms in total. The van der Waals surface area contributed by atoms with Crippen molar-refractivity contribution in [1.82, 2.24) is 15.3 Å². The third-order valence-corrected chi connectivity index (χ3v) is 2.67. The van der Waals surface area contributed by atoms with E-state index >= 15 is 0 Å². The van der Waals surface area contributed by atoms with E-state index in [0.717, 1.165) is 36.6 Å². The third-order valence-electron chi connectivity index (χ3n) is 2.67. The largest absolute Gasteiger partial charge is 0.341 e. The number of H-pyrrole nitrogens is 1. The molecular weight excluding hydrogens is 224 g/mol. The summed E-state index contributed by atoms with van der Waals surface area (Å²) in [7, 11) is 0. The average Bonchev–Trinajstić information content (AvgIpc) is 2.88. The first-order valence-corrected chi connectivity index (χ1v) is 6.08. The maximum absolute atomic E-state index is 8.75. The molecule has 2 rings (SSSR count). The van der Waals surface area contributed by atoms with Crippen LogP contribution in [0.1, 0.15) is 24.7 Å². The molecule has 0 aliphatic carbocycles. The van der Waals surface area contributed by atoms with Crippen molar-refractivity contribution in [2.24, 2.45) is 0 Å². The summed E-state index contributed by atoms with van der Waals surface area (Å²) in [6.45, 7) is 3.88. The molecule has 0 atom stereocenters. The van der Waals surface area contributed by atoms with E-state index in [9.17, 15) is 0 Å². The van der Waals surface area contributed by atoms with Crippen molar-refractivity contribution >= 4 is 0 Å². The first-order chi connectivity index (χ1) is 8.83. The predicted molar refractivity (Wildman–Crippen MR) is 70.7 cm³/mol. The number of nitrogens with one attached hydrogen (secondary N) is 2. The lowest BCUT2D eigenvalue weighted by atomic mass is 10.1. The number of nitriles is 1. The van der Waals surface area contributed by atoms with Gasteiger partial charge >= 0.3 is 0 Å². The second-order valence-electron chi connectivity index (χ2n) is 4.11. The molecule has 4 heteroatoms. The van der Waals surface area contributed by atoms with E-state index in [2.05, 4.69) is 28.3 Å². The van der Waals surface area contributed by atoms with Crippen molar-refractivity contribution in [3.05, 3.63) is 41.9 Å². The summed E-state index contributed by atoms with van der Waals surface area (Å²) in [5.74, 6) is 0.933. The lowest BCUT2D eigenvalue weighted by Gasteiger charge is -1.99. The Labute approximate surface area is 107 Å². The second-order valence-corrected chi connectivity index (χ2v) is 4.11. The number of imidazole rings is 1. The Hall–Kier alpha value is -2.12. The summed E-state index contributed by atoms with van der Waals surface area (Å²) >= 11 is 0. The van der Waals surface area contributed by atoms with Gasteiger partial charge in [0.2, 0.25) is 0 Å². The van der Waals surface area contributed by atoms with Crippen LogP contribution in [0.5, 0.6) is 0 Å². The molecule has 0 aliphatic heterocycles. The first-order valence-electron chi connectivity index (χ1n) is 6.08. The molecule has 0 amide bonds. The van der Waals surface area contributed by atoms with Gasteiger partial charge in [0.1, 0.15) is 5.82 Å². The maximum atomic E-state index is 8.75. The van der Waals surface area contributed by atoms with E-state index in [1.807, 2.05) is 30.5 Å². The maximum Gasteiger partial charge on any atom is 0.120 e. The number of nitrogens with zero attached hydrogens (tertiary/aromatic N) is 2. The quantitative estimate of drug-likeness (QED) is 0.789. The number of aromatic amines is 1. The SMILES string of the molecule is CCCNCc1ncc(-c2ccc(C#N)cc2)[nH]1. The van der Waals surface area contributed by atoms with E-state index in [1.165, 1.54) is 0 Å². The highest BCUT2D eigenvalue weighted by Gasteiger charge is 2.02. The van der Waals surface area contributed by atoms with Crippen LogP contribution in [0, 0.1) is 11.3 Å². The summed E-state index contributed by atoms with van der Waals surface area (Å²) in [5.41, 5.74) is 2.69. The molecule has 0 fully saturated rings. The van der Waals surface area contributed by atoms with Crippen molar-refractivity contribution in [3.63, 3.8) is 0 Å². The van der Waals surface area contributed by atoms with E-state index < -0.39 is 0 Å². The van der Waals surface area contributed by atoms with Gasteiger partial charge in [0.15, 0.2) is 0 Å². The number of benzene rings is 1. The van der Waals surface area contributed by atoms with Crippen LogP contribution in [0.3, 0.4) is 0 Å². The molecular formula is C14H16N4. The van der Waals surface area contributed by atoms with E-state index in [4.69, 9.17) is 5.26 Å². The van der Waals surface area contributed by atoms with Crippen LogP contribution in [-0.4, -0.2) is 16.5 Å². The normalized spacial score (nSPS) is 10.2. The molecule has 1 heterocycles. The van der Waals surface area contributed by atoms with Gasteiger partial charge in [-0.3, -0.25) is 0 Å². The van der Waals surface area contributed by atoms with Gasteiger partial charge in [-0.25, -0.2) is 4.98 Å². The molecule has 1 aromatic heterocycles. The van der Waals surface area contributed by atoms with Crippen molar-refractivity contribution in [3.8, 4) is 17.3 Å². The van der Waals surface area contributed by atoms with Gasteiger partial charge in [0.25, 0.3) is 0 Å². The fraction of sp³-hybridized carbons (Fsp3) is 0.286. The third kappa shape index (κ3) is 2.96. The molecule has 0 saturated carbocycles. The Morgan fingerprint density at radius 1 is 1.33 bits per heavy atom. The minimum absolute atomic E-state index is 0.670. The van der Waals surface area contributed by atoms with Gasteiger partial charge in [-0.15, -0.1) is 0 Å². The molecule has 92 valence electrons. The summed E-state index contributed by atoms with van der Waals surface area (Å²) in [5, 5.41) is 12.0. The van der Waals surface area contributed by atoms with Crippen molar-refractivity contribution in [2.75, 3.05) is 6.54 Å². The summed E-state index contributed by atoms with van der Waals surface area (Å²) < 4.78 is 0. The summed E-state index contributed by atoms with van der Waals surface area (Å²) in [6.07, 6.45) is 2.94. The van der Waals surface area contributed by atoms with Crippen molar-refractivity contribution in [2.45, 2.75) is 19.9 Å². The lowest BCUT2D eigenvalue weighted by molar-refractivity contribution is 0.655. The molecule has 0 bridgehead atoms. The molecule has 0 saturated heterocycles. The topological polar surface area (TPSA) is 64.5 Å². The Bertz CT molecular complexity index is 534. The Morgan fingerprint density at radius 2 is 2.11 bits per heavy atom. The molecule has 0 spiro atoms. The minimum atomic E-state index is 0.670. The standard InChI is InChI=1S/C14H16N4/c1-2-7-16-10-14-17-9-13(18-14)12-5-3-11(8-15)4-6-12/h3-6,9,16H,2,7,10H2,1H3,(H,17,18). The fourth-order valence-corrected chi connectivity index (χ4v) is 1.71. The number of rotatable bonds is 5. The predicted octanol–water partition coefficient (Wildman–Crippen LogP) is 2.45. The van der Waals surface area contributed by atoms with E-state index in [1.54, 1.807) is 0 Å². The highest BCUT2D eigenvalue weighted by Crippen LogP contribution is 2.17. The Kier molecular flexibility index (Phi) is 4.11. The van der Waals surface area contributed by atoms with Gasteiger partial charge < -0.3 is 10.3 Å². The smallest absolute Gasteiger partial charge is 0.120 e. The average molecular weight is 240 g/mol. The minimum Gasteiger partial charge on any atom is -0.341 e. The van der Waals surface area contributed by atoms with Crippen LogP contribution in [0.25, 0.3) is 11.3 Å². The zero-order valence-electron chi connectivity index (χ0n) is 10.4. The van der Waals surface area contributed by atoms with Gasteiger partial charge in [-0.2, -0.15) is 5.26 Å². The molecule has 1 aromatic carbocycles. The van der Waals surface area contributed by atoms with Crippen molar-refractivity contribution in [1.29, 1.82) is 5.26 Å². The number of hydrogen-bond acceptors (Lipinski definition) is 3. The Morgan fingerprint density at radius 3 is 2.78 bits per heavy atom. The molecule has 0 unspecified atom stereocenters. The highest BCUT2D eigenvalue weighted by atomic mass is 15.0. The molecule has 0 radical (unpaired) electrons. The molecule has 2 N–H and O–H groups in total. The Balaban J connectivity index is 2.06. The van der Waals surface area contributed by atoms with E-state index in [-0.39, 0.29) is 0 Å².